The van der Waals surface area contributed by atoms with Gasteiger partial charge in [0, 0.05) is 6.54 Å². The zero-order chi connectivity index (χ0) is 14.5. The molecular formula is C13H16N4O3. The van der Waals surface area contributed by atoms with Crippen molar-refractivity contribution in [1.29, 1.82) is 0 Å². The molecule has 2 amide bonds. The number of carbonyl (C=O) groups is 2. The van der Waals surface area contributed by atoms with Crippen molar-refractivity contribution in [2.24, 2.45) is 0 Å². The second-order valence-electron chi connectivity index (χ2n) is 4.16. The van der Waals surface area contributed by atoms with Gasteiger partial charge in [0.1, 0.15) is 5.52 Å². The third kappa shape index (κ3) is 2.87. The summed E-state index contributed by atoms with van der Waals surface area (Å²) < 4.78 is 4.49. The number of para-hydroxylation sites is 1. The molecular weight excluding hydrogens is 260 g/mol. The van der Waals surface area contributed by atoms with E-state index in [-0.39, 0.29) is 11.9 Å². The van der Waals surface area contributed by atoms with Gasteiger partial charge in [-0.2, -0.15) is 0 Å². The molecule has 106 valence electrons. The summed E-state index contributed by atoms with van der Waals surface area (Å²) in [4.78, 5) is 30.3. The van der Waals surface area contributed by atoms with Crippen molar-refractivity contribution in [3.63, 3.8) is 0 Å². The van der Waals surface area contributed by atoms with Crippen LogP contribution < -0.4 is 10.6 Å². The van der Waals surface area contributed by atoms with Crippen molar-refractivity contribution < 1.29 is 14.3 Å². The zero-order valence-electron chi connectivity index (χ0n) is 11.3. The molecule has 2 rings (SSSR count). The fourth-order valence-electron chi connectivity index (χ4n) is 1.76. The number of imidazole rings is 1. The first-order valence-electron chi connectivity index (χ1n) is 6.27. The smallest absolute Gasteiger partial charge is 0.413 e. The number of rotatable bonds is 4. The van der Waals surface area contributed by atoms with E-state index in [9.17, 15) is 9.59 Å². The molecule has 7 heteroatoms. The lowest BCUT2D eigenvalue weighted by Crippen LogP contribution is -2.24. The summed E-state index contributed by atoms with van der Waals surface area (Å²) in [5, 5.41) is 5.23. The highest BCUT2D eigenvalue weighted by Crippen LogP contribution is 2.18. The molecule has 0 unspecified atom stereocenters. The molecule has 0 aliphatic heterocycles. The Labute approximate surface area is 115 Å². The largest absolute Gasteiger partial charge is 0.453 e. The van der Waals surface area contributed by atoms with Gasteiger partial charge in [-0.1, -0.05) is 13.0 Å². The number of anilines is 1. The quantitative estimate of drug-likeness (QED) is 0.794. The molecule has 1 aromatic heterocycles. The lowest BCUT2D eigenvalue weighted by atomic mass is 10.1. The van der Waals surface area contributed by atoms with E-state index in [0.29, 0.717) is 23.1 Å². The van der Waals surface area contributed by atoms with E-state index in [2.05, 4.69) is 25.3 Å². The van der Waals surface area contributed by atoms with Gasteiger partial charge >= 0.3 is 6.09 Å². The second-order valence-corrected chi connectivity index (χ2v) is 4.16. The summed E-state index contributed by atoms with van der Waals surface area (Å²) in [7, 11) is 1.27. The lowest BCUT2D eigenvalue weighted by molar-refractivity contribution is 0.0955. The van der Waals surface area contributed by atoms with Crippen LogP contribution >= 0.6 is 0 Å². The van der Waals surface area contributed by atoms with E-state index >= 15 is 0 Å². The second kappa shape index (κ2) is 6.05. The number of amides is 2. The molecule has 0 saturated carbocycles. The number of nitrogens with zero attached hydrogens (tertiary/aromatic N) is 1. The number of carbonyl (C=O) groups excluding carboxylic acids is 2. The maximum absolute atomic E-state index is 12.0. The third-order valence-corrected chi connectivity index (χ3v) is 2.70. The fourth-order valence-corrected chi connectivity index (χ4v) is 1.76. The van der Waals surface area contributed by atoms with Crippen LogP contribution in [0.1, 0.15) is 23.7 Å². The van der Waals surface area contributed by atoms with E-state index < -0.39 is 6.09 Å². The number of fused-ring (bicyclic) bond motifs is 1. The Bertz CT molecular complexity index is 636. The highest BCUT2D eigenvalue weighted by Gasteiger charge is 2.14. The first-order chi connectivity index (χ1) is 9.65. The van der Waals surface area contributed by atoms with Crippen molar-refractivity contribution in [2.45, 2.75) is 13.3 Å². The summed E-state index contributed by atoms with van der Waals surface area (Å²) in [6.45, 7) is 2.58. The van der Waals surface area contributed by atoms with Gasteiger partial charge in [-0.3, -0.25) is 10.1 Å². The molecule has 7 nitrogen and oxygen atoms in total. The normalized spacial score (nSPS) is 10.3. The number of aromatic amines is 1. The number of ether oxygens (including phenoxy) is 1. The van der Waals surface area contributed by atoms with Crippen molar-refractivity contribution >= 4 is 29.0 Å². The van der Waals surface area contributed by atoms with Crippen LogP contribution in [0.3, 0.4) is 0 Å². The van der Waals surface area contributed by atoms with Gasteiger partial charge in [0.05, 0.1) is 18.2 Å². The molecule has 1 heterocycles. The minimum atomic E-state index is -0.624. The van der Waals surface area contributed by atoms with Gasteiger partial charge in [-0.05, 0) is 18.6 Å². The molecule has 0 atom stereocenters. The topological polar surface area (TPSA) is 96.1 Å². The van der Waals surface area contributed by atoms with Gasteiger partial charge < -0.3 is 15.0 Å². The minimum absolute atomic E-state index is 0.187. The predicted molar refractivity (Wildman–Crippen MR) is 74.7 cm³/mol. The van der Waals surface area contributed by atoms with Crippen molar-refractivity contribution in [3.8, 4) is 0 Å². The van der Waals surface area contributed by atoms with Gasteiger partial charge in [-0.25, -0.2) is 9.78 Å². The molecule has 0 aliphatic rings. The van der Waals surface area contributed by atoms with Crippen molar-refractivity contribution in [3.05, 3.63) is 23.8 Å². The molecule has 3 N–H and O–H groups in total. The van der Waals surface area contributed by atoms with Crippen LogP contribution in [-0.4, -0.2) is 35.6 Å². The molecule has 0 radical (unpaired) electrons. The Morgan fingerprint density at radius 2 is 2.20 bits per heavy atom. The Morgan fingerprint density at radius 3 is 2.90 bits per heavy atom. The molecule has 0 aliphatic carbocycles. The highest BCUT2D eigenvalue weighted by atomic mass is 16.5. The molecule has 0 spiro atoms. The number of hydrogen-bond acceptors (Lipinski definition) is 4. The van der Waals surface area contributed by atoms with Gasteiger partial charge in [-0.15, -0.1) is 0 Å². The Balaban J connectivity index is 2.32. The average Bonchev–Trinajstić information content (AvgIpc) is 2.86. The van der Waals surface area contributed by atoms with E-state index in [1.165, 1.54) is 7.11 Å². The molecule has 2 aromatic rings. The molecule has 1 aromatic carbocycles. The maximum atomic E-state index is 12.0. The zero-order valence-corrected chi connectivity index (χ0v) is 11.3. The molecule has 20 heavy (non-hydrogen) atoms. The Kier molecular flexibility index (Phi) is 4.19. The summed E-state index contributed by atoms with van der Waals surface area (Å²) in [6.07, 6.45) is 0.235. The van der Waals surface area contributed by atoms with Crippen LogP contribution in [0.15, 0.2) is 18.2 Å². The molecule has 0 saturated heterocycles. The summed E-state index contributed by atoms with van der Waals surface area (Å²) >= 11 is 0. The summed E-state index contributed by atoms with van der Waals surface area (Å²) in [5.74, 6) is 0.0520. The number of methoxy groups -OCH3 is 1. The van der Waals surface area contributed by atoms with Crippen molar-refractivity contribution in [2.75, 3.05) is 19.0 Å². The Morgan fingerprint density at radius 1 is 1.40 bits per heavy atom. The van der Waals surface area contributed by atoms with Crippen LogP contribution in [0.5, 0.6) is 0 Å². The standard InChI is InChI=1S/C13H16N4O3/c1-3-7-14-11(18)8-5-4-6-9-10(8)16-12(15-9)17-13(19)20-2/h4-6H,3,7H2,1-2H3,(H,14,18)(H2,15,16,17,19). The summed E-state index contributed by atoms with van der Waals surface area (Å²) in [6, 6.07) is 5.22. The maximum Gasteiger partial charge on any atom is 0.413 e. The van der Waals surface area contributed by atoms with Crippen LogP contribution in [0.2, 0.25) is 0 Å². The van der Waals surface area contributed by atoms with E-state index in [0.717, 1.165) is 6.42 Å². The van der Waals surface area contributed by atoms with Crippen molar-refractivity contribution in [1.82, 2.24) is 15.3 Å². The Hall–Kier alpha value is -2.57. The van der Waals surface area contributed by atoms with Crippen LogP contribution in [0.4, 0.5) is 10.7 Å². The van der Waals surface area contributed by atoms with Gasteiger partial charge in [0.2, 0.25) is 5.95 Å². The number of nitrogens with one attached hydrogen (secondary N) is 3. The lowest BCUT2D eigenvalue weighted by Gasteiger charge is -2.03. The predicted octanol–water partition coefficient (Wildman–Crippen LogP) is 1.88. The number of hydrogen-bond donors (Lipinski definition) is 3. The third-order valence-electron chi connectivity index (χ3n) is 2.70. The highest BCUT2D eigenvalue weighted by molar-refractivity contribution is 6.05. The van der Waals surface area contributed by atoms with Gasteiger partial charge in [0.25, 0.3) is 5.91 Å². The first-order valence-corrected chi connectivity index (χ1v) is 6.27. The molecule has 0 bridgehead atoms. The van der Waals surface area contributed by atoms with Crippen LogP contribution in [0.25, 0.3) is 11.0 Å². The average molecular weight is 276 g/mol. The number of aromatic nitrogens is 2. The van der Waals surface area contributed by atoms with Crippen LogP contribution in [0, 0.1) is 0 Å². The van der Waals surface area contributed by atoms with Crippen LogP contribution in [-0.2, 0) is 4.74 Å². The monoisotopic (exact) mass is 276 g/mol. The minimum Gasteiger partial charge on any atom is -0.453 e. The number of benzene rings is 1. The molecule has 0 fully saturated rings. The van der Waals surface area contributed by atoms with E-state index in [4.69, 9.17) is 0 Å². The SMILES string of the molecule is CCCNC(=O)c1cccc2[nH]c(NC(=O)OC)nc12. The number of H-pyrrole nitrogens is 1. The van der Waals surface area contributed by atoms with E-state index in [1.54, 1.807) is 18.2 Å². The first kappa shape index (κ1) is 13.9. The van der Waals surface area contributed by atoms with E-state index in [1.807, 2.05) is 6.92 Å². The fraction of sp³-hybridized carbons (Fsp3) is 0.308. The van der Waals surface area contributed by atoms with Gasteiger partial charge in [0.15, 0.2) is 0 Å². The summed E-state index contributed by atoms with van der Waals surface area (Å²) in [5.41, 5.74) is 1.64.